The molecule has 0 aliphatic carbocycles. The van der Waals surface area contributed by atoms with E-state index in [4.69, 9.17) is 0 Å². The molecule has 0 N–H and O–H groups in total. The molecule has 0 saturated heterocycles. The molecule has 0 rings (SSSR count). The van der Waals surface area contributed by atoms with E-state index in [1.807, 2.05) is 0 Å². The number of hydrogen-bond acceptors (Lipinski definition) is 0. The van der Waals surface area contributed by atoms with Crippen molar-refractivity contribution < 1.29 is 0 Å². The van der Waals surface area contributed by atoms with Gasteiger partial charge in [0.1, 0.15) is 0 Å². The van der Waals surface area contributed by atoms with Crippen LogP contribution < -0.4 is 0 Å². The molecule has 0 aliphatic rings. The Labute approximate surface area is 618 Å². The molecule has 0 aromatic carbocycles. The maximum atomic E-state index is 2.36. The van der Waals surface area contributed by atoms with Gasteiger partial charge in [-0.3, -0.25) is 0 Å². The van der Waals surface area contributed by atoms with Crippen LogP contribution in [0.25, 0.3) is 0 Å². The number of hydrogen-bond donors (Lipinski definition) is 0. The molecule has 0 spiro atoms. The molecule has 0 bridgehead atoms. The first kappa shape index (κ1) is 97.8. The van der Waals surface area contributed by atoms with E-state index in [0.29, 0.717) is 0 Å². The van der Waals surface area contributed by atoms with Crippen molar-refractivity contribution in [2.45, 2.75) is 608 Å². The molecule has 0 aromatic heterocycles. The summed E-state index contributed by atoms with van der Waals surface area (Å²) in [5.41, 5.74) is 0. The van der Waals surface area contributed by atoms with Gasteiger partial charge in [-0.1, -0.05) is 157 Å². The standard InChI is InChI=1S/C96H198Te/c1-7-13-19-25-31-37-43-49-55-61-67-73-79-85-91-97(92-86-80-74-68-62-56-50-44-38-32-26-20-14-8-2,93-87-81-75-69-63-57-51-45-39-33-27-21-15-9-3,94-88-82-76-70-64-58-52-46-40-34-28-22-16-10-4,95-89-83-77-71-65-59-53-47-41-35-29-23-17-11-5)96-90-84-78-72-66-60-54-48-42-36-30-24-18-12-6/h7-96H2,1-6H3. The smallest absolute Gasteiger partial charge is 0.0654 e. The summed E-state index contributed by atoms with van der Waals surface area (Å²) in [6.07, 6.45) is 126. The van der Waals surface area contributed by atoms with Crippen LogP contribution in [0.2, 0.25) is 26.8 Å². The third kappa shape index (κ3) is 66.0. The normalized spacial score (nSPS) is 12.8. The van der Waals surface area contributed by atoms with Crippen LogP contribution in [0, 0.1) is 0 Å². The van der Waals surface area contributed by atoms with Gasteiger partial charge in [-0.25, -0.2) is 0 Å². The molecule has 0 unspecified atom stereocenters. The second kappa shape index (κ2) is 79.4. The van der Waals surface area contributed by atoms with Crippen molar-refractivity contribution in [3.63, 3.8) is 0 Å². The Balaban J connectivity index is 7.01. The van der Waals surface area contributed by atoms with Gasteiger partial charge < -0.3 is 0 Å². The first-order chi connectivity index (χ1) is 48.0. The predicted molar refractivity (Wildman–Crippen MR) is 456 cm³/mol. The summed E-state index contributed by atoms with van der Waals surface area (Å²) in [5.74, 6) is 0. The Morgan fingerprint density at radius 2 is 0.144 bits per heavy atom. The molecule has 0 nitrogen and oxygen atoms in total. The Bertz CT molecular complexity index is 1130. The minimum Gasteiger partial charge on any atom is -0.0654 e. The summed E-state index contributed by atoms with van der Waals surface area (Å²) < 4.78 is 10.7. The van der Waals surface area contributed by atoms with E-state index in [1.54, 1.807) is 104 Å². The molecule has 0 amide bonds. The van der Waals surface area contributed by atoms with E-state index in [1.165, 1.54) is 462 Å². The van der Waals surface area contributed by atoms with Gasteiger partial charge in [0, 0.05) is 0 Å². The Morgan fingerprint density at radius 3 is 0.216 bits per heavy atom. The zero-order valence-corrected chi connectivity index (χ0v) is 72.4. The Hall–Kier alpha value is 0.790. The fourth-order valence-electron chi connectivity index (χ4n) is 18.4. The SMILES string of the molecule is CCCCCCCCCCCCCCCC[Te](CCCCCCCCCCCCCCCC)(CCCCCCCCCCCCCCCC)(CCCCCCCCCCCCCCCC)(CCCCCCCCCCCCCCCC)CCCCCCCCCCCCCCCC. The molecule has 0 aliphatic heterocycles. The number of rotatable bonds is 90. The molecule has 588 valence electrons. The summed E-state index contributed by atoms with van der Waals surface area (Å²) in [5, 5.41) is 0. The zero-order valence-electron chi connectivity index (χ0n) is 70.0. The topological polar surface area (TPSA) is 0 Å². The second-order valence-corrected chi connectivity index (χ2v) is 59.3. The van der Waals surface area contributed by atoms with Crippen LogP contribution in [0.4, 0.5) is 0 Å². The van der Waals surface area contributed by atoms with Crippen molar-refractivity contribution in [3.8, 4) is 0 Å². The first-order valence-electron chi connectivity index (χ1n) is 48.0. The van der Waals surface area contributed by atoms with E-state index in [9.17, 15) is 0 Å². The van der Waals surface area contributed by atoms with Crippen LogP contribution in [0.1, 0.15) is 581 Å². The number of unbranched alkanes of at least 4 members (excludes halogenated alkanes) is 78. The summed E-state index contributed by atoms with van der Waals surface area (Å²) >= 11 is -3.82. The Morgan fingerprint density at radius 1 is 0.0825 bits per heavy atom. The molecule has 0 atom stereocenters. The van der Waals surface area contributed by atoms with Crippen LogP contribution >= 0.6 is 0 Å². The van der Waals surface area contributed by atoms with Crippen molar-refractivity contribution >= 4 is 15.4 Å². The monoisotopic (exact) mass is 1480 g/mol. The third-order valence-corrected chi connectivity index (χ3v) is 55.0. The minimum atomic E-state index is -3.82. The van der Waals surface area contributed by atoms with Crippen molar-refractivity contribution in [1.82, 2.24) is 0 Å². The van der Waals surface area contributed by atoms with Gasteiger partial charge >= 0.3 is 466 Å². The van der Waals surface area contributed by atoms with E-state index in [0.717, 1.165) is 0 Å². The van der Waals surface area contributed by atoms with Gasteiger partial charge in [-0.2, -0.15) is 0 Å². The molecule has 1 heteroatoms. The summed E-state index contributed by atoms with van der Waals surface area (Å²) in [6.45, 7) is 14.2. The Kier molecular flexibility index (Phi) is 80.0. The van der Waals surface area contributed by atoms with E-state index in [2.05, 4.69) is 41.5 Å². The third-order valence-electron chi connectivity index (χ3n) is 25.3. The average molecular weight is 1480 g/mol. The molecular weight excluding hydrogens is 1280 g/mol. The van der Waals surface area contributed by atoms with Crippen molar-refractivity contribution in [1.29, 1.82) is 0 Å². The molecule has 97 heavy (non-hydrogen) atoms. The first-order valence-corrected chi connectivity index (χ1v) is 57.9. The fraction of sp³-hybridized carbons (Fsp3) is 1.00. The molecule has 0 heterocycles. The van der Waals surface area contributed by atoms with Crippen LogP contribution in [0.3, 0.4) is 0 Å². The van der Waals surface area contributed by atoms with Gasteiger partial charge in [0.25, 0.3) is 0 Å². The molecular formula is C96H198Te. The van der Waals surface area contributed by atoms with Crippen molar-refractivity contribution in [2.75, 3.05) is 0 Å². The van der Waals surface area contributed by atoms with Crippen LogP contribution in [-0.2, 0) is 0 Å². The average Bonchev–Trinajstić information content (AvgIpc) is 0.691. The van der Waals surface area contributed by atoms with Gasteiger partial charge in [0.15, 0.2) is 0 Å². The van der Waals surface area contributed by atoms with Gasteiger partial charge in [-0.15, -0.1) is 0 Å². The predicted octanol–water partition coefficient (Wildman–Crippen LogP) is 38.2. The molecule has 0 fully saturated rings. The molecule has 0 saturated carbocycles. The summed E-state index contributed by atoms with van der Waals surface area (Å²) in [7, 11) is 0. The summed E-state index contributed by atoms with van der Waals surface area (Å²) in [4.78, 5) is 0. The van der Waals surface area contributed by atoms with E-state index < -0.39 is 15.4 Å². The van der Waals surface area contributed by atoms with Gasteiger partial charge in [0.2, 0.25) is 0 Å². The van der Waals surface area contributed by atoms with Crippen LogP contribution in [0.5, 0.6) is 0 Å². The van der Waals surface area contributed by atoms with E-state index >= 15 is 0 Å². The molecule has 0 radical (unpaired) electrons. The molecule has 0 aromatic rings. The minimum absolute atomic E-state index is 1.38. The summed E-state index contributed by atoms with van der Waals surface area (Å²) in [6, 6.07) is 0. The second-order valence-electron chi connectivity index (χ2n) is 34.9. The van der Waals surface area contributed by atoms with E-state index in [-0.39, 0.29) is 0 Å². The van der Waals surface area contributed by atoms with Gasteiger partial charge in [0.05, 0.1) is 0 Å². The van der Waals surface area contributed by atoms with Crippen LogP contribution in [0.15, 0.2) is 0 Å². The maximum absolute atomic E-state index is 3.82. The van der Waals surface area contributed by atoms with Crippen molar-refractivity contribution in [3.05, 3.63) is 0 Å². The van der Waals surface area contributed by atoms with Crippen LogP contribution in [-0.4, -0.2) is 15.4 Å². The zero-order chi connectivity index (χ0) is 70.0. The van der Waals surface area contributed by atoms with Gasteiger partial charge in [-0.05, 0) is 0 Å². The van der Waals surface area contributed by atoms with Crippen molar-refractivity contribution in [2.24, 2.45) is 0 Å². The fourth-order valence-corrected chi connectivity index (χ4v) is 48.1. The quantitative estimate of drug-likeness (QED) is 0.0421.